The molecule has 1 aromatic carbocycles. The average molecular weight is 307 g/mol. The molecule has 0 saturated heterocycles. The van der Waals surface area contributed by atoms with E-state index in [2.05, 4.69) is 26.4 Å². The highest BCUT2D eigenvalue weighted by Gasteiger charge is 2.02. The van der Waals surface area contributed by atoms with Crippen molar-refractivity contribution in [2.75, 3.05) is 11.9 Å². The summed E-state index contributed by atoms with van der Waals surface area (Å²) >= 11 is 9.33. The van der Waals surface area contributed by atoms with Crippen LogP contribution in [0.15, 0.2) is 27.8 Å². The first-order valence-corrected chi connectivity index (χ1v) is 5.96. The van der Waals surface area contributed by atoms with Crippen LogP contribution in [0, 0.1) is 0 Å². The molecule has 4 nitrogen and oxygen atoms in total. The fourth-order valence-electron chi connectivity index (χ4n) is 1.18. The Bertz CT molecular complexity index is 384. The molecule has 0 saturated carbocycles. The number of benzene rings is 1. The predicted octanol–water partition coefficient (Wildman–Crippen LogP) is 3.04. The SMILES string of the molecule is N/C(CCCNc1cccc(Cl)c1Br)=N/O. The molecule has 0 spiro atoms. The Hall–Kier alpha value is -0.940. The maximum atomic E-state index is 8.35. The lowest BCUT2D eigenvalue weighted by molar-refractivity contribution is 0.316. The topological polar surface area (TPSA) is 70.6 Å². The first-order valence-electron chi connectivity index (χ1n) is 4.79. The third-order valence-corrected chi connectivity index (χ3v) is 3.40. The standard InChI is InChI=1S/C10H13BrClN3O/c11-10-7(12)3-1-4-8(10)14-6-2-5-9(13)15-16/h1,3-4,14,16H,2,5-6H2,(H2,13,15). The molecule has 6 heteroatoms. The van der Waals surface area contributed by atoms with Crippen molar-refractivity contribution in [1.82, 2.24) is 0 Å². The van der Waals surface area contributed by atoms with Gasteiger partial charge in [0.1, 0.15) is 5.84 Å². The van der Waals surface area contributed by atoms with Gasteiger partial charge in [0.05, 0.1) is 9.50 Å². The Kier molecular flexibility index (Phi) is 5.42. The lowest BCUT2D eigenvalue weighted by Gasteiger charge is -2.08. The van der Waals surface area contributed by atoms with Crippen LogP contribution >= 0.6 is 27.5 Å². The highest BCUT2D eigenvalue weighted by molar-refractivity contribution is 9.10. The van der Waals surface area contributed by atoms with Crippen molar-refractivity contribution >= 4 is 39.1 Å². The minimum absolute atomic E-state index is 0.243. The molecule has 16 heavy (non-hydrogen) atoms. The summed E-state index contributed by atoms with van der Waals surface area (Å²) in [5.74, 6) is 0.243. The second-order valence-corrected chi connectivity index (χ2v) is 4.42. The lowest BCUT2D eigenvalue weighted by atomic mass is 10.2. The summed E-state index contributed by atoms with van der Waals surface area (Å²) in [6, 6.07) is 5.62. The molecule has 1 aromatic rings. The fourth-order valence-corrected chi connectivity index (χ4v) is 1.76. The molecule has 0 unspecified atom stereocenters. The van der Waals surface area contributed by atoms with Crippen LogP contribution in [-0.4, -0.2) is 17.6 Å². The van der Waals surface area contributed by atoms with Gasteiger partial charge in [0.15, 0.2) is 0 Å². The molecule has 0 radical (unpaired) electrons. The van der Waals surface area contributed by atoms with E-state index >= 15 is 0 Å². The molecule has 4 N–H and O–H groups in total. The van der Waals surface area contributed by atoms with Gasteiger partial charge in [-0.05, 0) is 34.5 Å². The number of nitrogens with two attached hydrogens (primary N) is 1. The Morgan fingerprint density at radius 2 is 2.31 bits per heavy atom. The zero-order valence-corrected chi connectivity index (χ0v) is 10.9. The number of hydrogen-bond donors (Lipinski definition) is 3. The van der Waals surface area contributed by atoms with Gasteiger partial charge in [-0.2, -0.15) is 0 Å². The van der Waals surface area contributed by atoms with Crippen LogP contribution in [-0.2, 0) is 0 Å². The number of oxime groups is 1. The molecular weight excluding hydrogens is 293 g/mol. The first kappa shape index (κ1) is 13.1. The van der Waals surface area contributed by atoms with Gasteiger partial charge < -0.3 is 16.3 Å². The van der Waals surface area contributed by atoms with E-state index in [9.17, 15) is 0 Å². The molecule has 0 aromatic heterocycles. The summed E-state index contributed by atoms with van der Waals surface area (Å²) in [4.78, 5) is 0. The Morgan fingerprint density at radius 3 is 3.00 bits per heavy atom. The molecular formula is C10H13BrClN3O. The first-order chi connectivity index (χ1) is 7.65. The number of nitrogens with one attached hydrogen (secondary N) is 1. The van der Waals surface area contributed by atoms with Gasteiger partial charge in [0, 0.05) is 18.7 Å². The minimum Gasteiger partial charge on any atom is -0.409 e. The van der Waals surface area contributed by atoms with Crippen molar-refractivity contribution in [2.45, 2.75) is 12.8 Å². The van der Waals surface area contributed by atoms with E-state index in [1.165, 1.54) is 0 Å². The van der Waals surface area contributed by atoms with Gasteiger partial charge in [-0.15, -0.1) is 0 Å². The summed E-state index contributed by atoms with van der Waals surface area (Å²) in [6.07, 6.45) is 1.34. The Labute approximate surface area is 108 Å². The highest BCUT2D eigenvalue weighted by Crippen LogP contribution is 2.29. The minimum atomic E-state index is 0.243. The van der Waals surface area contributed by atoms with Gasteiger partial charge in [-0.1, -0.05) is 22.8 Å². The normalized spacial score (nSPS) is 11.5. The van der Waals surface area contributed by atoms with E-state index in [0.717, 1.165) is 23.1 Å². The predicted molar refractivity (Wildman–Crippen MR) is 70.3 cm³/mol. The number of anilines is 1. The Morgan fingerprint density at radius 1 is 1.56 bits per heavy atom. The summed E-state index contributed by atoms with van der Waals surface area (Å²) in [7, 11) is 0. The zero-order valence-electron chi connectivity index (χ0n) is 8.58. The van der Waals surface area contributed by atoms with Crippen LogP contribution in [0.25, 0.3) is 0 Å². The van der Waals surface area contributed by atoms with Gasteiger partial charge in [-0.3, -0.25) is 0 Å². The summed E-state index contributed by atoms with van der Waals surface area (Å²) in [6.45, 7) is 0.731. The van der Waals surface area contributed by atoms with Crippen molar-refractivity contribution in [3.63, 3.8) is 0 Å². The fraction of sp³-hybridized carbons (Fsp3) is 0.300. The average Bonchev–Trinajstić information content (AvgIpc) is 2.29. The molecule has 0 atom stereocenters. The van der Waals surface area contributed by atoms with Gasteiger partial charge in [0.2, 0.25) is 0 Å². The van der Waals surface area contributed by atoms with Crippen molar-refractivity contribution in [1.29, 1.82) is 0 Å². The van der Waals surface area contributed by atoms with E-state index in [1.54, 1.807) is 0 Å². The van der Waals surface area contributed by atoms with Crippen molar-refractivity contribution < 1.29 is 5.21 Å². The van der Waals surface area contributed by atoms with Crippen LogP contribution < -0.4 is 11.1 Å². The van der Waals surface area contributed by atoms with E-state index in [4.69, 9.17) is 22.5 Å². The summed E-state index contributed by atoms with van der Waals surface area (Å²) in [5.41, 5.74) is 6.29. The molecule has 1 rings (SSSR count). The molecule has 0 aliphatic rings. The highest BCUT2D eigenvalue weighted by atomic mass is 79.9. The maximum absolute atomic E-state index is 8.35. The lowest BCUT2D eigenvalue weighted by Crippen LogP contribution is -2.13. The third-order valence-electron chi connectivity index (χ3n) is 2.01. The van der Waals surface area contributed by atoms with E-state index in [0.29, 0.717) is 11.4 Å². The second kappa shape index (κ2) is 6.60. The van der Waals surface area contributed by atoms with Crippen LogP contribution in [0.5, 0.6) is 0 Å². The number of nitrogens with zero attached hydrogens (tertiary/aromatic N) is 1. The van der Waals surface area contributed by atoms with Crippen LogP contribution in [0.1, 0.15) is 12.8 Å². The number of amidine groups is 1. The number of halogens is 2. The summed E-state index contributed by atoms with van der Waals surface area (Å²) in [5, 5.41) is 15.1. The zero-order chi connectivity index (χ0) is 12.0. The summed E-state index contributed by atoms with van der Waals surface area (Å²) < 4.78 is 0.848. The van der Waals surface area contributed by atoms with E-state index < -0.39 is 0 Å². The third kappa shape index (κ3) is 3.90. The molecule has 0 heterocycles. The molecule has 0 bridgehead atoms. The van der Waals surface area contributed by atoms with Gasteiger partial charge >= 0.3 is 0 Å². The Balaban J connectivity index is 2.41. The molecule has 0 aliphatic heterocycles. The largest absolute Gasteiger partial charge is 0.409 e. The van der Waals surface area contributed by atoms with Gasteiger partial charge in [-0.25, -0.2) is 0 Å². The van der Waals surface area contributed by atoms with Crippen LogP contribution in [0.2, 0.25) is 5.02 Å². The van der Waals surface area contributed by atoms with Crippen molar-refractivity contribution in [3.8, 4) is 0 Å². The molecule has 0 aliphatic carbocycles. The van der Waals surface area contributed by atoms with Crippen molar-refractivity contribution in [2.24, 2.45) is 10.9 Å². The maximum Gasteiger partial charge on any atom is 0.139 e. The van der Waals surface area contributed by atoms with Gasteiger partial charge in [0.25, 0.3) is 0 Å². The van der Waals surface area contributed by atoms with Crippen molar-refractivity contribution in [3.05, 3.63) is 27.7 Å². The molecule has 0 fully saturated rings. The number of rotatable bonds is 5. The molecule has 0 amide bonds. The monoisotopic (exact) mass is 305 g/mol. The second-order valence-electron chi connectivity index (χ2n) is 3.22. The van der Waals surface area contributed by atoms with E-state index in [1.807, 2.05) is 18.2 Å². The van der Waals surface area contributed by atoms with E-state index in [-0.39, 0.29) is 5.84 Å². The van der Waals surface area contributed by atoms with Crippen LogP contribution in [0.3, 0.4) is 0 Å². The quantitative estimate of drug-likeness (QED) is 0.257. The van der Waals surface area contributed by atoms with Crippen LogP contribution in [0.4, 0.5) is 5.69 Å². The molecule has 88 valence electrons. The number of hydrogen-bond acceptors (Lipinski definition) is 3. The smallest absolute Gasteiger partial charge is 0.139 e.